The Balaban J connectivity index is 0.000000203. The summed E-state index contributed by atoms with van der Waals surface area (Å²) >= 11 is 0. The minimum atomic E-state index is -0.323. The number of halogens is 1. The SMILES string of the molecule is C=C=C(Cc1ccc(F)cc1)C1(C=O)CC1.C=Cc1cc2c(cc1C1CC1)C(C(C)c1ccc(C)cc1)=CC1CC21.CC.[HH]. The van der Waals surface area contributed by atoms with Crippen LogP contribution in [0, 0.1) is 24.1 Å². The van der Waals surface area contributed by atoms with Crippen molar-refractivity contribution in [2.75, 3.05) is 0 Å². The van der Waals surface area contributed by atoms with E-state index in [1.807, 2.05) is 13.8 Å². The maximum Gasteiger partial charge on any atom is 0.130 e. The molecule has 1 nitrogen and oxygen atoms in total. The number of hydrogen-bond acceptors (Lipinski definition) is 1. The Hall–Kier alpha value is -3.74. The van der Waals surface area contributed by atoms with Crippen LogP contribution in [0.5, 0.6) is 0 Å². The van der Waals surface area contributed by atoms with E-state index in [0.29, 0.717) is 12.3 Å². The molecule has 0 aromatic heterocycles. The average molecular weight is 575 g/mol. The van der Waals surface area contributed by atoms with Crippen LogP contribution in [-0.4, -0.2) is 6.29 Å². The Morgan fingerprint density at radius 1 is 1.07 bits per heavy atom. The van der Waals surface area contributed by atoms with Gasteiger partial charge in [-0.05, 0) is 113 Å². The molecule has 3 saturated carbocycles. The minimum Gasteiger partial charge on any atom is -0.302 e. The van der Waals surface area contributed by atoms with E-state index in [2.05, 4.69) is 81.3 Å². The van der Waals surface area contributed by atoms with Gasteiger partial charge in [-0.1, -0.05) is 100 Å². The molecule has 3 fully saturated rings. The molecule has 2 heteroatoms. The molecule has 0 N–H and O–H groups in total. The maximum atomic E-state index is 12.7. The zero-order valence-corrected chi connectivity index (χ0v) is 26.3. The maximum absolute atomic E-state index is 12.7. The zero-order chi connectivity index (χ0) is 30.7. The third-order valence-electron chi connectivity index (χ3n) is 9.60. The Bertz CT molecular complexity index is 1560. The van der Waals surface area contributed by atoms with Crippen LogP contribution in [-0.2, 0) is 11.2 Å². The molecule has 0 radical (unpaired) electrons. The Labute approximate surface area is 259 Å². The van der Waals surface area contributed by atoms with Gasteiger partial charge in [-0.25, -0.2) is 4.39 Å². The molecule has 0 amide bonds. The van der Waals surface area contributed by atoms with Crippen LogP contribution < -0.4 is 0 Å². The summed E-state index contributed by atoms with van der Waals surface area (Å²) in [7, 11) is 0. The lowest BCUT2D eigenvalue weighted by molar-refractivity contribution is -0.111. The van der Waals surface area contributed by atoms with E-state index in [9.17, 15) is 9.18 Å². The normalized spacial score (nSPS) is 20.6. The van der Waals surface area contributed by atoms with Crippen molar-refractivity contribution in [2.24, 2.45) is 11.3 Å². The Morgan fingerprint density at radius 3 is 2.30 bits per heavy atom. The van der Waals surface area contributed by atoms with Crippen molar-refractivity contribution in [3.05, 3.63) is 136 Å². The third-order valence-corrected chi connectivity index (χ3v) is 9.60. The number of carbonyl (C=O) groups is 1. The van der Waals surface area contributed by atoms with Gasteiger partial charge in [0.25, 0.3) is 0 Å². The van der Waals surface area contributed by atoms with E-state index in [0.717, 1.165) is 48.0 Å². The fourth-order valence-corrected chi connectivity index (χ4v) is 6.47. The van der Waals surface area contributed by atoms with Gasteiger partial charge in [0.2, 0.25) is 0 Å². The number of benzene rings is 3. The minimum absolute atomic E-state index is 0. The second-order valence-electron chi connectivity index (χ2n) is 12.5. The first-order valence-corrected chi connectivity index (χ1v) is 16.0. The number of aldehydes is 1. The second kappa shape index (κ2) is 12.9. The summed E-state index contributed by atoms with van der Waals surface area (Å²) in [6, 6.07) is 20.4. The fraction of sp³-hybridized carbons (Fsp3) is 0.366. The van der Waals surface area contributed by atoms with Crippen LogP contribution in [0.3, 0.4) is 0 Å². The first-order chi connectivity index (χ1) is 20.9. The number of allylic oxidation sites excluding steroid dienone is 3. The first kappa shape index (κ1) is 30.7. The molecule has 4 aliphatic carbocycles. The lowest BCUT2D eigenvalue weighted by Gasteiger charge is -2.25. The van der Waals surface area contributed by atoms with Crippen LogP contribution in [0.15, 0.2) is 91.2 Å². The van der Waals surface area contributed by atoms with Crippen molar-refractivity contribution in [1.29, 1.82) is 0 Å². The Morgan fingerprint density at radius 2 is 1.74 bits per heavy atom. The standard InChI is InChI=1S/C25H26.C14H13FO.C2H6.H2/c1-4-17-11-24-23-13-20(23)12-21(25(24)14-22(17)19-9-10-19)16(3)18-7-5-15(2)6-8-18;1-2-12(14(10-16)7-8-14)9-11-3-5-13(15)6-4-11;1-2;/h4-8,11-12,14,16,19-20,23H,1,9-10,13H2,2-3H3;3-6,10H,1,7-9H2;1-2H3;1H. The van der Waals surface area contributed by atoms with Crippen LogP contribution in [0.25, 0.3) is 11.6 Å². The number of rotatable bonds is 8. The highest BCUT2D eigenvalue weighted by Gasteiger charge is 2.46. The topological polar surface area (TPSA) is 17.1 Å². The van der Waals surface area contributed by atoms with Crippen molar-refractivity contribution in [1.82, 2.24) is 0 Å². The number of carbonyl (C=O) groups excluding carboxylic acids is 1. The van der Waals surface area contributed by atoms with Crippen LogP contribution in [0.1, 0.15) is 111 Å². The molecule has 4 aliphatic rings. The van der Waals surface area contributed by atoms with Crippen LogP contribution in [0.4, 0.5) is 4.39 Å². The first-order valence-electron chi connectivity index (χ1n) is 16.0. The molecule has 224 valence electrons. The van der Waals surface area contributed by atoms with Gasteiger partial charge >= 0.3 is 0 Å². The quantitative estimate of drug-likeness (QED) is 0.193. The van der Waals surface area contributed by atoms with Crippen molar-refractivity contribution in [3.8, 4) is 0 Å². The molecule has 3 atom stereocenters. The fourth-order valence-electron chi connectivity index (χ4n) is 6.47. The molecule has 0 bridgehead atoms. The summed E-state index contributed by atoms with van der Waals surface area (Å²) in [6.07, 6.45) is 12.1. The number of hydrogen-bond donors (Lipinski definition) is 0. The van der Waals surface area contributed by atoms with Gasteiger partial charge in [0, 0.05) is 13.8 Å². The van der Waals surface area contributed by atoms with Crippen molar-refractivity contribution in [2.45, 2.75) is 84.0 Å². The van der Waals surface area contributed by atoms with Gasteiger partial charge in [-0.2, -0.15) is 0 Å². The molecule has 7 rings (SSSR count). The van der Waals surface area contributed by atoms with Gasteiger partial charge in [-0.3, -0.25) is 0 Å². The average Bonchev–Trinajstić information content (AvgIpc) is 3.90. The monoisotopic (exact) mass is 574 g/mol. The summed E-state index contributed by atoms with van der Waals surface area (Å²) in [4.78, 5) is 11.0. The summed E-state index contributed by atoms with van der Waals surface area (Å²) < 4.78 is 12.7. The smallest absolute Gasteiger partial charge is 0.130 e. The van der Waals surface area contributed by atoms with E-state index < -0.39 is 0 Å². The lowest BCUT2D eigenvalue weighted by Crippen LogP contribution is -2.08. The lowest BCUT2D eigenvalue weighted by atomic mass is 9.79. The van der Waals surface area contributed by atoms with E-state index in [-0.39, 0.29) is 12.7 Å². The second-order valence-corrected chi connectivity index (χ2v) is 12.5. The summed E-state index contributed by atoms with van der Waals surface area (Å²) in [5.41, 5.74) is 14.8. The number of fused-ring (bicyclic) bond motifs is 3. The van der Waals surface area contributed by atoms with Crippen molar-refractivity contribution < 1.29 is 10.6 Å². The number of aryl methyl sites for hydroxylation is 1. The third kappa shape index (κ3) is 6.61. The highest BCUT2D eigenvalue weighted by atomic mass is 19.1. The largest absolute Gasteiger partial charge is 0.302 e. The van der Waals surface area contributed by atoms with Crippen LogP contribution in [0.2, 0.25) is 0 Å². The summed E-state index contributed by atoms with van der Waals surface area (Å²) in [5, 5.41) is 0. The molecule has 3 aromatic carbocycles. The molecule has 0 spiro atoms. The molecule has 0 heterocycles. The summed E-state index contributed by atoms with van der Waals surface area (Å²) in [6.45, 7) is 16.3. The molecular formula is C41H47FO. The van der Waals surface area contributed by atoms with Gasteiger partial charge < -0.3 is 4.79 Å². The molecule has 0 aliphatic heterocycles. The molecular weight excluding hydrogens is 527 g/mol. The molecule has 43 heavy (non-hydrogen) atoms. The highest BCUT2D eigenvalue weighted by Crippen LogP contribution is 2.58. The van der Waals surface area contributed by atoms with E-state index in [4.69, 9.17) is 0 Å². The van der Waals surface area contributed by atoms with E-state index in [1.54, 1.807) is 23.3 Å². The van der Waals surface area contributed by atoms with E-state index >= 15 is 0 Å². The summed E-state index contributed by atoms with van der Waals surface area (Å²) in [5.74, 6) is 2.51. The van der Waals surface area contributed by atoms with Gasteiger partial charge in [0.1, 0.15) is 12.1 Å². The van der Waals surface area contributed by atoms with Gasteiger partial charge in [0.05, 0.1) is 5.41 Å². The zero-order valence-electron chi connectivity index (χ0n) is 26.3. The Kier molecular flexibility index (Phi) is 9.19. The van der Waals surface area contributed by atoms with E-state index in [1.165, 1.54) is 59.2 Å². The van der Waals surface area contributed by atoms with Crippen LogP contribution >= 0.6 is 0 Å². The highest BCUT2D eigenvalue weighted by molar-refractivity contribution is 5.79. The molecule has 0 saturated heterocycles. The molecule has 3 unspecified atom stereocenters. The van der Waals surface area contributed by atoms with Gasteiger partial charge in [0.15, 0.2) is 0 Å². The molecule has 3 aromatic rings. The predicted octanol–water partition coefficient (Wildman–Crippen LogP) is 11.2. The van der Waals surface area contributed by atoms with Gasteiger partial charge in [-0.15, -0.1) is 5.73 Å². The van der Waals surface area contributed by atoms with Crippen molar-refractivity contribution >= 4 is 17.9 Å². The van der Waals surface area contributed by atoms with Crippen molar-refractivity contribution in [3.63, 3.8) is 0 Å². The predicted molar refractivity (Wildman–Crippen MR) is 181 cm³/mol.